The normalized spacial score (nSPS) is 21.5. The molecule has 0 bridgehead atoms. The van der Waals surface area contributed by atoms with Crippen molar-refractivity contribution in [1.29, 1.82) is 0 Å². The molecule has 1 heterocycles. The Morgan fingerprint density at radius 2 is 1.47 bits per heavy atom. The lowest BCUT2D eigenvalue weighted by Gasteiger charge is -2.00. The van der Waals surface area contributed by atoms with Crippen molar-refractivity contribution in [3.63, 3.8) is 0 Å². The Balaban J connectivity index is 1.45. The summed E-state index contributed by atoms with van der Waals surface area (Å²) in [5, 5.41) is 0. The van der Waals surface area contributed by atoms with Gasteiger partial charge in [-0.1, -0.05) is 88.6 Å². The number of benzene rings is 1. The quantitative estimate of drug-likeness (QED) is 0.391. The van der Waals surface area contributed by atoms with Crippen molar-refractivity contribution >= 4 is 0 Å². The van der Waals surface area contributed by atoms with Crippen LogP contribution in [-0.2, 0) is 4.74 Å². The lowest BCUT2D eigenvalue weighted by Crippen LogP contribution is -1.89. The Hall–Kier alpha value is -0.820. The lowest BCUT2D eigenvalue weighted by molar-refractivity contribution is 0.360. The summed E-state index contributed by atoms with van der Waals surface area (Å²) in [6.07, 6.45) is 13.3. The van der Waals surface area contributed by atoms with Gasteiger partial charge in [-0.2, -0.15) is 0 Å². The summed E-state index contributed by atoms with van der Waals surface area (Å²) in [5.41, 5.74) is 1.35. The molecule has 1 fully saturated rings. The molecule has 0 spiro atoms. The molecule has 1 nitrogen and oxygen atoms in total. The predicted octanol–water partition coefficient (Wildman–Crippen LogP) is 5.66. The van der Waals surface area contributed by atoms with Crippen LogP contribution in [0.4, 0.5) is 0 Å². The van der Waals surface area contributed by atoms with Gasteiger partial charge in [-0.25, -0.2) is 0 Å². The first-order valence-electron chi connectivity index (χ1n) is 8.12. The maximum Gasteiger partial charge on any atom is 0.109 e. The zero-order chi connectivity index (χ0) is 13.3. The highest BCUT2D eigenvalue weighted by Crippen LogP contribution is 2.41. The summed E-state index contributed by atoms with van der Waals surface area (Å²) in [4.78, 5) is 0. The highest BCUT2D eigenvalue weighted by Gasteiger charge is 2.38. The largest absolute Gasteiger partial charge is 0.365 e. The van der Waals surface area contributed by atoms with Crippen molar-refractivity contribution in [3.05, 3.63) is 35.9 Å². The van der Waals surface area contributed by atoms with Crippen LogP contribution in [0.5, 0.6) is 0 Å². The van der Waals surface area contributed by atoms with E-state index in [0.717, 1.165) is 0 Å². The van der Waals surface area contributed by atoms with Crippen LogP contribution in [0.15, 0.2) is 30.3 Å². The zero-order valence-electron chi connectivity index (χ0n) is 12.3. The van der Waals surface area contributed by atoms with Gasteiger partial charge < -0.3 is 4.74 Å². The Morgan fingerprint density at radius 3 is 2.16 bits per heavy atom. The number of unbranched alkanes of at least 4 members (excludes halogenated alkanes) is 7. The molecule has 2 rings (SSSR count). The maximum atomic E-state index is 5.76. The molecule has 1 aromatic rings. The van der Waals surface area contributed by atoms with E-state index in [-0.39, 0.29) is 0 Å². The second kappa shape index (κ2) is 8.37. The zero-order valence-corrected chi connectivity index (χ0v) is 12.3. The summed E-state index contributed by atoms with van der Waals surface area (Å²) >= 11 is 0. The van der Waals surface area contributed by atoms with Crippen LogP contribution in [-0.4, -0.2) is 6.10 Å². The van der Waals surface area contributed by atoms with Crippen molar-refractivity contribution in [1.82, 2.24) is 0 Å². The fourth-order valence-corrected chi connectivity index (χ4v) is 2.78. The lowest BCUT2D eigenvalue weighted by atomic mass is 10.0. The van der Waals surface area contributed by atoms with Gasteiger partial charge in [-0.15, -0.1) is 0 Å². The molecule has 1 aliphatic rings. The highest BCUT2D eigenvalue weighted by atomic mass is 16.6. The molecular formula is C18H28O. The third kappa shape index (κ3) is 5.36. The molecule has 1 heteroatoms. The summed E-state index contributed by atoms with van der Waals surface area (Å²) in [6.45, 7) is 2.28. The minimum Gasteiger partial charge on any atom is -0.365 e. The molecule has 106 valence electrons. The van der Waals surface area contributed by atoms with Crippen LogP contribution in [0, 0.1) is 0 Å². The van der Waals surface area contributed by atoms with Gasteiger partial charge in [0.1, 0.15) is 6.10 Å². The number of rotatable bonds is 10. The van der Waals surface area contributed by atoms with Crippen molar-refractivity contribution < 1.29 is 4.74 Å². The Bertz CT molecular complexity index is 333. The average Bonchev–Trinajstić information content (AvgIpc) is 3.22. The summed E-state index contributed by atoms with van der Waals surface area (Å²) < 4.78 is 5.76. The van der Waals surface area contributed by atoms with E-state index in [1.54, 1.807) is 0 Å². The van der Waals surface area contributed by atoms with E-state index < -0.39 is 0 Å². The van der Waals surface area contributed by atoms with Gasteiger partial charge in [0.15, 0.2) is 0 Å². The third-order valence-electron chi connectivity index (χ3n) is 4.05. The number of hydrogen-bond donors (Lipinski definition) is 0. The molecule has 0 radical (unpaired) electrons. The first-order chi connectivity index (χ1) is 9.42. The van der Waals surface area contributed by atoms with E-state index in [9.17, 15) is 0 Å². The Kier molecular flexibility index (Phi) is 6.43. The monoisotopic (exact) mass is 260 g/mol. The summed E-state index contributed by atoms with van der Waals surface area (Å²) in [5.74, 6) is 0. The van der Waals surface area contributed by atoms with Gasteiger partial charge in [0.25, 0.3) is 0 Å². The highest BCUT2D eigenvalue weighted by molar-refractivity contribution is 5.22. The minimum absolute atomic E-state index is 0.394. The minimum atomic E-state index is 0.394. The fraction of sp³-hybridized carbons (Fsp3) is 0.667. The third-order valence-corrected chi connectivity index (χ3v) is 4.05. The van der Waals surface area contributed by atoms with Crippen LogP contribution in [0.25, 0.3) is 0 Å². The summed E-state index contributed by atoms with van der Waals surface area (Å²) in [6, 6.07) is 10.6. The van der Waals surface area contributed by atoms with E-state index in [1.165, 1.54) is 63.4 Å². The van der Waals surface area contributed by atoms with Crippen LogP contribution in [0.3, 0.4) is 0 Å². The van der Waals surface area contributed by atoms with E-state index in [0.29, 0.717) is 12.2 Å². The second-order valence-electron chi connectivity index (χ2n) is 5.77. The predicted molar refractivity (Wildman–Crippen MR) is 81.3 cm³/mol. The van der Waals surface area contributed by atoms with Crippen molar-refractivity contribution in [2.24, 2.45) is 0 Å². The molecule has 1 aliphatic heterocycles. The number of ether oxygens (including phenoxy) is 1. The first kappa shape index (κ1) is 14.6. The van der Waals surface area contributed by atoms with Gasteiger partial charge in [-0.05, 0) is 12.0 Å². The van der Waals surface area contributed by atoms with Crippen LogP contribution < -0.4 is 0 Å². The molecule has 0 N–H and O–H groups in total. The van der Waals surface area contributed by atoms with Crippen LogP contribution in [0.1, 0.15) is 76.4 Å². The molecule has 0 saturated carbocycles. The molecule has 0 unspecified atom stereocenters. The summed E-state index contributed by atoms with van der Waals surface area (Å²) in [7, 11) is 0. The number of hydrogen-bond acceptors (Lipinski definition) is 1. The van der Waals surface area contributed by atoms with E-state index in [1.807, 2.05) is 0 Å². The molecule has 0 aromatic heterocycles. The first-order valence-corrected chi connectivity index (χ1v) is 8.12. The van der Waals surface area contributed by atoms with Gasteiger partial charge in [0.05, 0.1) is 6.10 Å². The van der Waals surface area contributed by atoms with Crippen molar-refractivity contribution in [3.8, 4) is 0 Å². The van der Waals surface area contributed by atoms with E-state index in [4.69, 9.17) is 4.74 Å². The van der Waals surface area contributed by atoms with Gasteiger partial charge in [-0.3, -0.25) is 0 Å². The molecule has 1 aromatic carbocycles. The smallest absolute Gasteiger partial charge is 0.109 e. The average molecular weight is 260 g/mol. The van der Waals surface area contributed by atoms with E-state index in [2.05, 4.69) is 37.3 Å². The number of epoxide rings is 1. The molecule has 1 saturated heterocycles. The van der Waals surface area contributed by atoms with Crippen molar-refractivity contribution in [2.45, 2.75) is 76.9 Å². The molecule has 2 atom stereocenters. The topological polar surface area (TPSA) is 12.5 Å². The van der Waals surface area contributed by atoms with E-state index >= 15 is 0 Å². The van der Waals surface area contributed by atoms with Crippen LogP contribution in [0.2, 0.25) is 0 Å². The Labute approximate surface area is 118 Å². The van der Waals surface area contributed by atoms with Gasteiger partial charge in [0, 0.05) is 0 Å². The van der Waals surface area contributed by atoms with Crippen LogP contribution >= 0.6 is 0 Å². The van der Waals surface area contributed by atoms with Crippen molar-refractivity contribution in [2.75, 3.05) is 0 Å². The molecule has 0 aliphatic carbocycles. The van der Waals surface area contributed by atoms with Gasteiger partial charge >= 0.3 is 0 Å². The Morgan fingerprint density at radius 1 is 0.842 bits per heavy atom. The molecule has 19 heavy (non-hydrogen) atoms. The SMILES string of the molecule is CCCCCCCCCC[C@H]1O[C@H]1c1ccccc1. The maximum absolute atomic E-state index is 5.76. The molecule has 0 amide bonds. The second-order valence-corrected chi connectivity index (χ2v) is 5.77. The molecular weight excluding hydrogens is 232 g/mol. The fourth-order valence-electron chi connectivity index (χ4n) is 2.78. The van der Waals surface area contributed by atoms with Gasteiger partial charge in [0.2, 0.25) is 0 Å². The standard InChI is InChI=1S/C18H28O/c1-2-3-4-5-6-7-8-12-15-17-18(19-17)16-13-10-9-11-14-16/h9-11,13-14,17-18H,2-8,12,15H2,1H3/t17-,18+/m1/s1.